The molecule has 21 heavy (non-hydrogen) atoms. The van der Waals surface area contributed by atoms with E-state index in [2.05, 4.69) is 0 Å². The van der Waals surface area contributed by atoms with Gasteiger partial charge in [-0.3, -0.25) is 14.5 Å². The molecule has 0 radical (unpaired) electrons. The molecule has 0 saturated carbocycles. The van der Waals surface area contributed by atoms with Crippen LogP contribution in [0, 0.1) is 6.92 Å². The van der Waals surface area contributed by atoms with E-state index in [1.54, 1.807) is 23.8 Å². The van der Waals surface area contributed by atoms with Gasteiger partial charge in [0.1, 0.15) is 17.8 Å². The number of hydrogen-bond donors (Lipinski definition) is 0. The molecule has 2 aliphatic rings. The Labute approximate surface area is 124 Å². The van der Waals surface area contributed by atoms with Crippen LogP contribution in [0.15, 0.2) is 18.2 Å². The van der Waals surface area contributed by atoms with Gasteiger partial charge in [-0.1, -0.05) is 0 Å². The molecule has 0 aromatic heterocycles. The van der Waals surface area contributed by atoms with Gasteiger partial charge in [-0.25, -0.2) is 0 Å². The predicted octanol–water partition coefficient (Wildman–Crippen LogP) is 1.73. The van der Waals surface area contributed by atoms with Gasteiger partial charge >= 0.3 is 0 Å². The number of anilines is 1. The maximum Gasteiger partial charge on any atom is 0.250 e. The lowest BCUT2D eigenvalue weighted by Crippen LogP contribution is -2.62. The molecule has 0 spiro atoms. The molecule has 2 aliphatic heterocycles. The molecular weight excluding hydrogens is 268 g/mol. The Hall–Kier alpha value is -2.04. The smallest absolute Gasteiger partial charge is 0.250 e. The lowest BCUT2D eigenvalue weighted by Gasteiger charge is -2.41. The first-order valence-electron chi connectivity index (χ1n) is 7.33. The van der Waals surface area contributed by atoms with Crippen LogP contribution in [-0.2, 0) is 9.59 Å². The zero-order chi connectivity index (χ0) is 15.1. The molecule has 1 aromatic rings. The molecule has 112 valence electrons. The summed E-state index contributed by atoms with van der Waals surface area (Å²) in [5.74, 6) is 0.836. The van der Waals surface area contributed by atoms with Crippen LogP contribution in [0.4, 0.5) is 5.69 Å². The van der Waals surface area contributed by atoms with Crippen LogP contribution < -0.4 is 9.64 Å². The van der Waals surface area contributed by atoms with E-state index in [1.165, 1.54) is 0 Å². The number of aryl methyl sites for hydroxylation is 1. The molecule has 2 saturated heterocycles. The monoisotopic (exact) mass is 288 g/mol. The normalized spacial score (nSPS) is 25.3. The minimum absolute atomic E-state index is 0.0351. The van der Waals surface area contributed by atoms with E-state index < -0.39 is 6.04 Å². The van der Waals surface area contributed by atoms with Gasteiger partial charge in [-0.15, -0.1) is 0 Å². The number of carbonyl (C=O) groups excluding carboxylic acids is 2. The highest BCUT2D eigenvalue weighted by molar-refractivity contribution is 6.08. The van der Waals surface area contributed by atoms with Crippen molar-refractivity contribution < 1.29 is 14.3 Å². The molecule has 3 rings (SSSR count). The summed E-state index contributed by atoms with van der Waals surface area (Å²) in [7, 11) is 1.61. The second-order valence-electron chi connectivity index (χ2n) is 5.73. The standard InChI is InChI=1S/C16H20N2O3/c1-10-9-12(21-3)6-7-13(10)18-11(2)15(19)17-8-4-5-14(17)16(18)20/h6-7,9,11,14H,4-5,8H2,1-3H3. The largest absolute Gasteiger partial charge is 0.497 e. The number of nitrogens with zero attached hydrogens (tertiary/aromatic N) is 2. The lowest BCUT2D eigenvalue weighted by atomic mass is 10.0. The van der Waals surface area contributed by atoms with Crippen molar-refractivity contribution in [3.63, 3.8) is 0 Å². The summed E-state index contributed by atoms with van der Waals surface area (Å²) < 4.78 is 5.20. The van der Waals surface area contributed by atoms with Gasteiger partial charge in [0.25, 0.3) is 5.91 Å². The van der Waals surface area contributed by atoms with Gasteiger partial charge in [-0.2, -0.15) is 0 Å². The molecule has 2 amide bonds. The van der Waals surface area contributed by atoms with Crippen LogP contribution in [0.1, 0.15) is 25.3 Å². The molecule has 2 fully saturated rings. The summed E-state index contributed by atoms with van der Waals surface area (Å²) in [5, 5.41) is 0. The van der Waals surface area contributed by atoms with Crippen molar-refractivity contribution in [1.29, 1.82) is 0 Å². The van der Waals surface area contributed by atoms with Crippen molar-refractivity contribution in [2.24, 2.45) is 0 Å². The number of rotatable bonds is 2. The number of fused-ring (bicyclic) bond motifs is 1. The van der Waals surface area contributed by atoms with E-state index in [1.807, 2.05) is 25.1 Å². The van der Waals surface area contributed by atoms with Crippen LogP contribution in [-0.4, -0.2) is 42.5 Å². The highest BCUT2D eigenvalue weighted by atomic mass is 16.5. The van der Waals surface area contributed by atoms with Crippen molar-refractivity contribution in [1.82, 2.24) is 4.90 Å². The average Bonchev–Trinajstić information content (AvgIpc) is 2.96. The predicted molar refractivity (Wildman–Crippen MR) is 79.4 cm³/mol. The first-order chi connectivity index (χ1) is 10.0. The van der Waals surface area contributed by atoms with Gasteiger partial charge in [0, 0.05) is 12.2 Å². The fourth-order valence-corrected chi connectivity index (χ4v) is 3.34. The van der Waals surface area contributed by atoms with Crippen LogP contribution in [0.5, 0.6) is 5.75 Å². The summed E-state index contributed by atoms with van der Waals surface area (Å²) in [4.78, 5) is 28.6. The first-order valence-corrected chi connectivity index (χ1v) is 7.33. The van der Waals surface area contributed by atoms with Crippen molar-refractivity contribution in [3.8, 4) is 5.75 Å². The van der Waals surface area contributed by atoms with E-state index in [0.29, 0.717) is 6.54 Å². The van der Waals surface area contributed by atoms with E-state index in [4.69, 9.17) is 4.74 Å². The minimum Gasteiger partial charge on any atom is -0.497 e. The SMILES string of the molecule is COc1ccc(N2C(=O)C3CCCN3C(=O)C2C)c(C)c1. The van der Waals surface area contributed by atoms with Crippen molar-refractivity contribution in [2.75, 3.05) is 18.6 Å². The summed E-state index contributed by atoms with van der Waals surface area (Å²) in [5.41, 5.74) is 1.74. The summed E-state index contributed by atoms with van der Waals surface area (Å²) in [6.45, 7) is 4.44. The Morgan fingerprint density at radius 3 is 2.67 bits per heavy atom. The zero-order valence-corrected chi connectivity index (χ0v) is 12.6. The van der Waals surface area contributed by atoms with Gasteiger partial charge in [0.15, 0.2) is 0 Å². The van der Waals surface area contributed by atoms with Crippen molar-refractivity contribution >= 4 is 17.5 Å². The quantitative estimate of drug-likeness (QED) is 0.832. The van der Waals surface area contributed by atoms with Crippen LogP contribution >= 0.6 is 0 Å². The van der Waals surface area contributed by atoms with Crippen molar-refractivity contribution in [2.45, 2.75) is 38.8 Å². The number of ether oxygens (including phenoxy) is 1. The second-order valence-corrected chi connectivity index (χ2v) is 5.73. The molecule has 5 nitrogen and oxygen atoms in total. The topological polar surface area (TPSA) is 49.9 Å². The van der Waals surface area contributed by atoms with E-state index >= 15 is 0 Å². The molecule has 2 heterocycles. The van der Waals surface area contributed by atoms with Crippen LogP contribution in [0.25, 0.3) is 0 Å². The van der Waals surface area contributed by atoms with Crippen molar-refractivity contribution in [3.05, 3.63) is 23.8 Å². The highest BCUT2D eigenvalue weighted by Gasteiger charge is 2.46. The molecule has 2 unspecified atom stereocenters. The fraction of sp³-hybridized carbons (Fsp3) is 0.500. The third kappa shape index (κ3) is 2.07. The number of methoxy groups -OCH3 is 1. The molecule has 5 heteroatoms. The number of benzene rings is 1. The Morgan fingerprint density at radius 1 is 1.24 bits per heavy atom. The second kappa shape index (κ2) is 5.06. The van der Waals surface area contributed by atoms with Gasteiger partial charge < -0.3 is 9.64 Å². The third-order valence-electron chi connectivity index (χ3n) is 4.47. The van der Waals surface area contributed by atoms with Gasteiger partial charge in [-0.05, 0) is 50.5 Å². The Balaban J connectivity index is 2.00. The molecule has 1 aromatic carbocycles. The lowest BCUT2D eigenvalue weighted by molar-refractivity contribution is -0.143. The van der Waals surface area contributed by atoms with Crippen LogP contribution in [0.2, 0.25) is 0 Å². The summed E-state index contributed by atoms with van der Waals surface area (Å²) >= 11 is 0. The average molecular weight is 288 g/mol. The van der Waals surface area contributed by atoms with E-state index in [9.17, 15) is 9.59 Å². The number of hydrogen-bond acceptors (Lipinski definition) is 3. The Bertz CT molecular complexity index is 599. The molecular formula is C16H20N2O3. The molecule has 2 atom stereocenters. The number of piperazine rings is 1. The first kappa shape index (κ1) is 13.9. The fourth-order valence-electron chi connectivity index (χ4n) is 3.34. The molecule has 0 bridgehead atoms. The minimum atomic E-state index is -0.445. The Kier molecular flexibility index (Phi) is 3.35. The Morgan fingerprint density at radius 2 is 2.00 bits per heavy atom. The van der Waals surface area contributed by atoms with E-state index in [-0.39, 0.29) is 17.9 Å². The summed E-state index contributed by atoms with van der Waals surface area (Å²) in [6.07, 6.45) is 1.67. The highest BCUT2D eigenvalue weighted by Crippen LogP contribution is 2.33. The number of amides is 2. The van der Waals surface area contributed by atoms with E-state index in [0.717, 1.165) is 29.8 Å². The third-order valence-corrected chi connectivity index (χ3v) is 4.47. The molecule has 0 aliphatic carbocycles. The maximum absolute atomic E-state index is 12.8. The van der Waals surface area contributed by atoms with Gasteiger partial charge in [0.2, 0.25) is 5.91 Å². The van der Waals surface area contributed by atoms with Gasteiger partial charge in [0.05, 0.1) is 7.11 Å². The number of carbonyl (C=O) groups is 2. The van der Waals surface area contributed by atoms with Crippen LogP contribution in [0.3, 0.4) is 0 Å². The summed E-state index contributed by atoms with van der Waals surface area (Å²) in [6, 6.07) is 4.85. The molecule has 0 N–H and O–H groups in total. The maximum atomic E-state index is 12.8. The zero-order valence-electron chi connectivity index (χ0n) is 12.6.